The van der Waals surface area contributed by atoms with Crippen molar-refractivity contribution in [2.75, 3.05) is 0 Å². The van der Waals surface area contributed by atoms with E-state index in [4.69, 9.17) is 0 Å². The molecule has 4 rings (SSSR count). The number of fused-ring (bicyclic) bond motifs is 5. The third kappa shape index (κ3) is 1.49. The van der Waals surface area contributed by atoms with Crippen LogP contribution in [-0.2, 0) is 6.42 Å². The molecule has 2 heterocycles. The lowest BCUT2D eigenvalue weighted by Gasteiger charge is -2.28. The van der Waals surface area contributed by atoms with Crippen LogP contribution in [0.1, 0.15) is 35.6 Å². The number of nitrogens with zero attached hydrogens (tertiary/aromatic N) is 2. The lowest BCUT2D eigenvalue weighted by Crippen LogP contribution is -2.26. The fraction of sp³-hybridized carbons (Fsp3) is 0.333. The van der Waals surface area contributed by atoms with Gasteiger partial charge in [0.25, 0.3) is 0 Å². The van der Waals surface area contributed by atoms with Gasteiger partial charge in [0.2, 0.25) is 0 Å². The summed E-state index contributed by atoms with van der Waals surface area (Å²) in [5.41, 5.74) is 3.31. The van der Waals surface area contributed by atoms with E-state index in [0.29, 0.717) is 6.42 Å². The molecule has 19 heavy (non-hydrogen) atoms. The van der Waals surface area contributed by atoms with Gasteiger partial charge in [0, 0.05) is 12.1 Å². The number of carbonyl (C=O) groups is 1. The highest BCUT2D eigenvalue weighted by molar-refractivity contribution is 7.19. The normalized spacial score (nSPS) is 18.1. The molecule has 2 aromatic heterocycles. The minimum Gasteiger partial charge on any atom is -0.293 e. The van der Waals surface area contributed by atoms with E-state index in [1.165, 1.54) is 11.3 Å². The Hall–Kier alpha value is -1.68. The fourth-order valence-corrected chi connectivity index (χ4v) is 4.09. The van der Waals surface area contributed by atoms with Crippen LogP contribution in [0.4, 0.5) is 0 Å². The third-order valence-corrected chi connectivity index (χ3v) is 4.92. The molecule has 0 atom stereocenters. The number of hydrogen-bond donors (Lipinski definition) is 0. The number of para-hydroxylation sites is 2. The predicted octanol–water partition coefficient (Wildman–Crippen LogP) is 3.70. The minimum atomic E-state index is 0.0451. The first-order valence-electron chi connectivity index (χ1n) is 6.47. The number of ketones is 1. The van der Waals surface area contributed by atoms with Gasteiger partial charge in [0.1, 0.15) is 0 Å². The molecule has 0 fully saturated rings. The number of aromatic nitrogens is 2. The third-order valence-electron chi connectivity index (χ3n) is 3.79. The quantitative estimate of drug-likeness (QED) is 0.624. The fourth-order valence-electron chi connectivity index (χ4n) is 2.99. The van der Waals surface area contributed by atoms with E-state index in [0.717, 1.165) is 33.0 Å². The van der Waals surface area contributed by atoms with Crippen LogP contribution in [0, 0.1) is 5.41 Å². The maximum atomic E-state index is 12.3. The van der Waals surface area contributed by atoms with Gasteiger partial charge in [-0.3, -0.25) is 9.20 Å². The summed E-state index contributed by atoms with van der Waals surface area (Å²) in [7, 11) is 0. The molecule has 0 N–H and O–H groups in total. The van der Waals surface area contributed by atoms with Crippen molar-refractivity contribution in [2.45, 2.75) is 26.7 Å². The Labute approximate surface area is 114 Å². The number of thiazole rings is 1. The summed E-state index contributed by atoms with van der Waals surface area (Å²) in [6, 6.07) is 8.13. The van der Waals surface area contributed by atoms with Crippen LogP contribution in [0.15, 0.2) is 24.3 Å². The highest BCUT2D eigenvalue weighted by Crippen LogP contribution is 2.39. The lowest BCUT2D eigenvalue weighted by atomic mass is 9.78. The molecule has 96 valence electrons. The zero-order valence-corrected chi connectivity index (χ0v) is 11.8. The SMILES string of the molecule is CC1(C)CC(=O)c2sc3nc4ccccc4n3c2C1. The molecule has 1 aromatic carbocycles. The average Bonchev–Trinajstić information content (AvgIpc) is 2.84. The van der Waals surface area contributed by atoms with E-state index in [2.05, 4.69) is 29.3 Å². The van der Waals surface area contributed by atoms with Crippen molar-refractivity contribution in [1.82, 2.24) is 9.38 Å². The van der Waals surface area contributed by atoms with Gasteiger partial charge in [0.05, 0.1) is 15.9 Å². The Morgan fingerprint density at radius 2 is 2.05 bits per heavy atom. The van der Waals surface area contributed by atoms with Crippen molar-refractivity contribution < 1.29 is 4.79 Å². The van der Waals surface area contributed by atoms with E-state index in [1.807, 2.05) is 18.2 Å². The molecule has 0 saturated carbocycles. The zero-order chi connectivity index (χ0) is 13.2. The number of benzene rings is 1. The molecule has 0 unspecified atom stereocenters. The Morgan fingerprint density at radius 1 is 1.26 bits per heavy atom. The Balaban J connectivity index is 2.11. The molecular formula is C15H14N2OS. The second-order valence-electron chi connectivity index (χ2n) is 6.04. The molecule has 3 nitrogen and oxygen atoms in total. The van der Waals surface area contributed by atoms with Crippen molar-refractivity contribution in [2.24, 2.45) is 5.41 Å². The van der Waals surface area contributed by atoms with Gasteiger partial charge >= 0.3 is 0 Å². The number of imidazole rings is 1. The number of hydrogen-bond acceptors (Lipinski definition) is 3. The monoisotopic (exact) mass is 270 g/mol. The first-order chi connectivity index (χ1) is 9.05. The molecule has 0 radical (unpaired) electrons. The van der Waals surface area contributed by atoms with Crippen molar-refractivity contribution >= 4 is 33.1 Å². The van der Waals surface area contributed by atoms with E-state index in [9.17, 15) is 4.79 Å². The topological polar surface area (TPSA) is 34.4 Å². The Morgan fingerprint density at radius 3 is 2.89 bits per heavy atom. The molecular weight excluding hydrogens is 256 g/mol. The molecule has 0 spiro atoms. The minimum absolute atomic E-state index is 0.0451. The highest BCUT2D eigenvalue weighted by atomic mass is 32.1. The first kappa shape index (κ1) is 11.2. The van der Waals surface area contributed by atoms with Crippen molar-refractivity contribution in [3.63, 3.8) is 0 Å². The van der Waals surface area contributed by atoms with Crippen LogP contribution in [-0.4, -0.2) is 15.2 Å². The number of Topliss-reactive ketones (excluding diaryl/α,β-unsaturated/α-hetero) is 1. The summed E-state index contributed by atoms with van der Waals surface area (Å²) >= 11 is 1.54. The highest BCUT2D eigenvalue weighted by Gasteiger charge is 2.34. The molecule has 4 heteroatoms. The standard InChI is InChI=1S/C15H14N2OS/c1-15(2)7-11-13(12(18)8-15)19-14-16-9-5-3-4-6-10(9)17(11)14/h3-6H,7-8H2,1-2H3. The van der Waals surface area contributed by atoms with E-state index in [-0.39, 0.29) is 11.2 Å². The van der Waals surface area contributed by atoms with Crippen molar-refractivity contribution in [3.8, 4) is 0 Å². The largest absolute Gasteiger partial charge is 0.293 e. The Kier molecular flexibility index (Phi) is 2.03. The summed E-state index contributed by atoms with van der Waals surface area (Å²) in [6.45, 7) is 4.33. The van der Waals surface area contributed by atoms with Crippen LogP contribution in [0.25, 0.3) is 16.0 Å². The molecule has 0 bridgehead atoms. The van der Waals surface area contributed by atoms with Gasteiger partial charge in [-0.05, 0) is 24.0 Å². The number of carbonyl (C=O) groups excluding carboxylic acids is 1. The van der Waals surface area contributed by atoms with Crippen LogP contribution in [0.3, 0.4) is 0 Å². The molecule has 1 aliphatic rings. The maximum absolute atomic E-state index is 12.3. The van der Waals surface area contributed by atoms with E-state index < -0.39 is 0 Å². The van der Waals surface area contributed by atoms with Crippen LogP contribution in [0.2, 0.25) is 0 Å². The average molecular weight is 270 g/mol. The second-order valence-corrected chi connectivity index (χ2v) is 7.01. The van der Waals surface area contributed by atoms with E-state index in [1.54, 1.807) is 0 Å². The maximum Gasteiger partial charge on any atom is 0.195 e. The van der Waals surface area contributed by atoms with Crippen molar-refractivity contribution in [3.05, 3.63) is 34.8 Å². The number of rotatable bonds is 0. The molecule has 0 aliphatic heterocycles. The van der Waals surface area contributed by atoms with E-state index >= 15 is 0 Å². The van der Waals surface area contributed by atoms with Crippen molar-refractivity contribution in [1.29, 1.82) is 0 Å². The molecule has 0 amide bonds. The van der Waals surface area contributed by atoms with Gasteiger partial charge in [0.15, 0.2) is 10.7 Å². The van der Waals surface area contributed by atoms with Crippen LogP contribution < -0.4 is 0 Å². The lowest BCUT2D eigenvalue weighted by molar-refractivity contribution is 0.0915. The first-order valence-corrected chi connectivity index (χ1v) is 7.29. The smallest absolute Gasteiger partial charge is 0.195 e. The predicted molar refractivity (Wildman–Crippen MR) is 77.0 cm³/mol. The molecule has 3 aromatic rings. The van der Waals surface area contributed by atoms with Gasteiger partial charge in [-0.1, -0.05) is 37.3 Å². The van der Waals surface area contributed by atoms with Gasteiger partial charge in [-0.2, -0.15) is 0 Å². The van der Waals surface area contributed by atoms with Gasteiger partial charge < -0.3 is 0 Å². The second kappa shape index (κ2) is 3.45. The summed E-state index contributed by atoms with van der Waals surface area (Å²) in [5, 5.41) is 0. The summed E-state index contributed by atoms with van der Waals surface area (Å²) in [4.78, 5) is 18.8. The summed E-state index contributed by atoms with van der Waals surface area (Å²) < 4.78 is 2.17. The summed E-state index contributed by atoms with van der Waals surface area (Å²) in [6.07, 6.45) is 1.58. The van der Waals surface area contributed by atoms with Crippen LogP contribution >= 0.6 is 11.3 Å². The van der Waals surface area contributed by atoms with Crippen LogP contribution in [0.5, 0.6) is 0 Å². The molecule has 0 saturated heterocycles. The summed E-state index contributed by atoms with van der Waals surface area (Å²) in [5.74, 6) is 0.269. The molecule has 1 aliphatic carbocycles. The zero-order valence-electron chi connectivity index (χ0n) is 10.9. The van der Waals surface area contributed by atoms with Gasteiger partial charge in [-0.15, -0.1) is 0 Å². The van der Waals surface area contributed by atoms with Gasteiger partial charge in [-0.25, -0.2) is 4.98 Å². The Bertz CT molecular complexity index is 825.